The normalized spacial score (nSPS) is 17.6. The Morgan fingerprint density at radius 2 is 2.23 bits per heavy atom. The molecular weight excluding hydrogens is 504 g/mol. The molecule has 0 bridgehead atoms. The molecule has 1 atom stereocenters. The van der Waals surface area contributed by atoms with E-state index < -0.39 is 11.7 Å². The summed E-state index contributed by atoms with van der Waals surface area (Å²) in [5, 5.41) is 6.74. The van der Waals surface area contributed by atoms with Gasteiger partial charge in [0.1, 0.15) is 11.6 Å². The Morgan fingerprint density at radius 3 is 2.81 bits per heavy atom. The van der Waals surface area contributed by atoms with Gasteiger partial charge in [0.05, 0.1) is 12.1 Å². The van der Waals surface area contributed by atoms with Gasteiger partial charge in [-0.15, -0.1) is 24.0 Å². The first-order chi connectivity index (χ1) is 11.9. The van der Waals surface area contributed by atoms with Crippen molar-refractivity contribution in [3.05, 3.63) is 22.8 Å². The van der Waals surface area contributed by atoms with Crippen LogP contribution in [-0.4, -0.2) is 48.7 Å². The predicted molar refractivity (Wildman–Crippen MR) is 110 cm³/mol. The standard InChI is InChI=1S/C15H20ClF3N4OS.HI/c1-20-14(23-9-11-3-2-6-25-11)21-4-5-24-13-12(16)7-10(8-22-13)15(17,18)19;/h7-8,11H,2-6,9H2,1H3,(H2,20,21,23);1H. The fraction of sp³-hybridized carbons (Fsp3) is 0.600. The molecule has 1 aliphatic rings. The lowest BCUT2D eigenvalue weighted by molar-refractivity contribution is -0.137. The first kappa shape index (κ1) is 23.4. The minimum Gasteiger partial charge on any atom is -0.475 e. The Morgan fingerprint density at radius 1 is 1.46 bits per heavy atom. The minimum atomic E-state index is -4.48. The number of aromatic nitrogens is 1. The largest absolute Gasteiger partial charge is 0.475 e. The molecule has 5 nitrogen and oxygen atoms in total. The van der Waals surface area contributed by atoms with Gasteiger partial charge in [-0.05, 0) is 24.7 Å². The third-order valence-electron chi connectivity index (χ3n) is 3.51. The van der Waals surface area contributed by atoms with Crippen molar-refractivity contribution < 1.29 is 17.9 Å². The van der Waals surface area contributed by atoms with Gasteiger partial charge in [-0.25, -0.2) is 4.98 Å². The summed E-state index contributed by atoms with van der Waals surface area (Å²) in [6.45, 7) is 1.45. The van der Waals surface area contributed by atoms with E-state index in [0.717, 1.165) is 12.6 Å². The Kier molecular flexibility index (Phi) is 10.2. The third kappa shape index (κ3) is 7.55. The summed E-state index contributed by atoms with van der Waals surface area (Å²) in [7, 11) is 1.67. The van der Waals surface area contributed by atoms with Crippen LogP contribution in [0.15, 0.2) is 17.3 Å². The number of aliphatic imine (C=N–C) groups is 1. The van der Waals surface area contributed by atoms with E-state index in [1.165, 1.54) is 18.6 Å². The Bertz CT molecular complexity index is 601. The fourth-order valence-electron chi connectivity index (χ4n) is 2.24. The Hall–Kier alpha value is -0.620. The Balaban J connectivity index is 0.00000338. The highest BCUT2D eigenvalue weighted by Gasteiger charge is 2.31. The maximum absolute atomic E-state index is 12.5. The van der Waals surface area contributed by atoms with Crippen LogP contribution in [0.1, 0.15) is 18.4 Å². The number of alkyl halides is 3. The number of guanidine groups is 1. The van der Waals surface area contributed by atoms with Crippen molar-refractivity contribution in [3.63, 3.8) is 0 Å². The number of ether oxygens (including phenoxy) is 1. The number of nitrogens with zero attached hydrogens (tertiary/aromatic N) is 2. The van der Waals surface area contributed by atoms with Crippen molar-refractivity contribution in [2.75, 3.05) is 32.5 Å². The van der Waals surface area contributed by atoms with Crippen LogP contribution in [0.25, 0.3) is 0 Å². The average Bonchev–Trinajstić information content (AvgIpc) is 3.08. The highest BCUT2D eigenvalue weighted by Crippen LogP contribution is 2.33. The van der Waals surface area contributed by atoms with Crippen LogP contribution in [0.4, 0.5) is 13.2 Å². The van der Waals surface area contributed by atoms with Gasteiger partial charge in [0, 0.05) is 25.0 Å². The molecule has 0 saturated carbocycles. The highest BCUT2D eigenvalue weighted by atomic mass is 127. The zero-order chi connectivity index (χ0) is 18.3. The first-order valence-corrected chi connectivity index (χ1v) is 9.24. The molecule has 0 spiro atoms. The lowest BCUT2D eigenvalue weighted by Crippen LogP contribution is -2.41. The fourth-order valence-corrected chi connectivity index (χ4v) is 3.66. The summed E-state index contributed by atoms with van der Waals surface area (Å²) in [6.07, 6.45) is -1.32. The molecule has 0 amide bonds. The molecule has 1 saturated heterocycles. The van der Waals surface area contributed by atoms with Gasteiger partial charge >= 0.3 is 6.18 Å². The van der Waals surface area contributed by atoms with Crippen molar-refractivity contribution in [2.45, 2.75) is 24.3 Å². The van der Waals surface area contributed by atoms with Gasteiger partial charge in [-0.3, -0.25) is 4.99 Å². The molecule has 0 radical (unpaired) electrons. The molecule has 148 valence electrons. The van der Waals surface area contributed by atoms with E-state index in [-0.39, 0.29) is 41.5 Å². The van der Waals surface area contributed by atoms with Gasteiger partial charge in [0.25, 0.3) is 0 Å². The topological polar surface area (TPSA) is 58.5 Å². The summed E-state index contributed by atoms with van der Waals surface area (Å²) >= 11 is 7.73. The molecule has 1 aromatic rings. The number of hydrogen-bond donors (Lipinski definition) is 2. The van der Waals surface area contributed by atoms with E-state index in [0.29, 0.717) is 24.0 Å². The van der Waals surface area contributed by atoms with E-state index >= 15 is 0 Å². The zero-order valence-corrected chi connectivity index (χ0v) is 18.0. The van der Waals surface area contributed by atoms with Crippen molar-refractivity contribution in [1.29, 1.82) is 0 Å². The van der Waals surface area contributed by atoms with E-state index in [2.05, 4.69) is 20.6 Å². The molecule has 2 N–H and O–H groups in total. The SMILES string of the molecule is CN=C(NCCOc1ncc(C(F)(F)F)cc1Cl)NCC1CCCS1.I. The summed E-state index contributed by atoms with van der Waals surface area (Å²) < 4.78 is 43.0. The predicted octanol–water partition coefficient (Wildman–Crippen LogP) is 3.81. The van der Waals surface area contributed by atoms with Crippen molar-refractivity contribution in [2.24, 2.45) is 4.99 Å². The molecule has 1 unspecified atom stereocenters. The average molecular weight is 525 g/mol. The number of pyridine rings is 1. The second kappa shape index (κ2) is 11.3. The van der Waals surface area contributed by atoms with Crippen LogP contribution in [0.5, 0.6) is 5.88 Å². The van der Waals surface area contributed by atoms with Crippen LogP contribution in [0.3, 0.4) is 0 Å². The van der Waals surface area contributed by atoms with Gasteiger partial charge in [0.2, 0.25) is 5.88 Å². The number of rotatable bonds is 6. The summed E-state index contributed by atoms with van der Waals surface area (Å²) in [6, 6.07) is 0.803. The van der Waals surface area contributed by atoms with Gasteiger partial charge in [0.15, 0.2) is 5.96 Å². The van der Waals surface area contributed by atoms with Crippen LogP contribution in [0, 0.1) is 0 Å². The Labute approximate surface area is 176 Å². The molecule has 0 aromatic carbocycles. The van der Waals surface area contributed by atoms with E-state index in [4.69, 9.17) is 16.3 Å². The number of hydrogen-bond acceptors (Lipinski definition) is 4. The van der Waals surface area contributed by atoms with Crippen molar-refractivity contribution >= 4 is 53.3 Å². The monoisotopic (exact) mass is 524 g/mol. The second-order valence-electron chi connectivity index (χ2n) is 5.37. The number of thioether (sulfide) groups is 1. The highest BCUT2D eigenvalue weighted by molar-refractivity contribution is 14.0. The lowest BCUT2D eigenvalue weighted by atomic mass is 10.2. The summed E-state index contributed by atoms with van der Waals surface area (Å²) in [5.41, 5.74) is -0.905. The van der Waals surface area contributed by atoms with Crippen molar-refractivity contribution in [1.82, 2.24) is 15.6 Å². The molecular formula is C15H21ClF3IN4OS. The molecule has 11 heteroatoms. The molecule has 1 aliphatic heterocycles. The molecule has 0 aliphatic carbocycles. The van der Waals surface area contributed by atoms with Crippen LogP contribution in [-0.2, 0) is 6.18 Å². The maximum atomic E-state index is 12.5. The molecule has 2 heterocycles. The third-order valence-corrected chi connectivity index (χ3v) is 5.18. The zero-order valence-electron chi connectivity index (χ0n) is 14.1. The summed E-state index contributed by atoms with van der Waals surface area (Å²) in [4.78, 5) is 7.73. The second-order valence-corrected chi connectivity index (χ2v) is 7.19. The molecule has 2 rings (SSSR count). The minimum absolute atomic E-state index is 0. The van der Waals surface area contributed by atoms with Gasteiger partial charge < -0.3 is 15.4 Å². The summed E-state index contributed by atoms with van der Waals surface area (Å²) in [5.74, 6) is 1.83. The van der Waals surface area contributed by atoms with E-state index in [1.807, 2.05) is 11.8 Å². The molecule has 26 heavy (non-hydrogen) atoms. The van der Waals surface area contributed by atoms with E-state index in [1.54, 1.807) is 7.05 Å². The maximum Gasteiger partial charge on any atom is 0.417 e. The van der Waals surface area contributed by atoms with Gasteiger partial charge in [-0.2, -0.15) is 24.9 Å². The number of halogens is 5. The van der Waals surface area contributed by atoms with Gasteiger partial charge in [-0.1, -0.05) is 11.6 Å². The molecule has 1 aromatic heterocycles. The van der Waals surface area contributed by atoms with Crippen LogP contribution in [0.2, 0.25) is 5.02 Å². The number of nitrogens with one attached hydrogen (secondary N) is 2. The molecule has 1 fully saturated rings. The quantitative estimate of drug-likeness (QED) is 0.257. The first-order valence-electron chi connectivity index (χ1n) is 7.82. The lowest BCUT2D eigenvalue weighted by Gasteiger charge is -2.15. The van der Waals surface area contributed by atoms with Crippen LogP contribution >= 0.6 is 47.3 Å². The van der Waals surface area contributed by atoms with Crippen LogP contribution < -0.4 is 15.4 Å². The smallest absolute Gasteiger partial charge is 0.417 e. The van der Waals surface area contributed by atoms with Crippen molar-refractivity contribution in [3.8, 4) is 5.88 Å². The van der Waals surface area contributed by atoms with E-state index in [9.17, 15) is 13.2 Å².